The molecule has 2 fully saturated rings. The highest BCUT2D eigenvalue weighted by atomic mass is 16.6. The summed E-state index contributed by atoms with van der Waals surface area (Å²) in [5.41, 5.74) is 9.28. The summed E-state index contributed by atoms with van der Waals surface area (Å²) in [5, 5.41) is 0. The molecule has 0 radical (unpaired) electrons. The molecule has 2 aliphatic rings. The van der Waals surface area contributed by atoms with E-state index in [0.717, 1.165) is 29.9 Å². The summed E-state index contributed by atoms with van der Waals surface area (Å²) in [6, 6.07) is 6.17. The van der Waals surface area contributed by atoms with E-state index < -0.39 is 0 Å². The van der Waals surface area contributed by atoms with E-state index in [4.69, 9.17) is 15.0 Å². The lowest BCUT2D eigenvalue weighted by Gasteiger charge is -2.33. The van der Waals surface area contributed by atoms with E-state index in [1.54, 1.807) is 0 Å². The van der Waals surface area contributed by atoms with Gasteiger partial charge in [0.25, 0.3) is 0 Å². The molecule has 108 valence electrons. The summed E-state index contributed by atoms with van der Waals surface area (Å²) >= 11 is 0. The van der Waals surface area contributed by atoms with Crippen LogP contribution in [0.2, 0.25) is 0 Å². The van der Waals surface area contributed by atoms with Crippen LogP contribution in [0, 0.1) is 5.41 Å². The predicted octanol–water partition coefficient (Wildman–Crippen LogP) is 1.64. The summed E-state index contributed by atoms with van der Waals surface area (Å²) < 4.78 is 11.6. The molecule has 0 spiro atoms. The minimum absolute atomic E-state index is 0.0948. The Labute approximate surface area is 121 Å². The largest absolute Gasteiger partial charge is 0.493 e. The van der Waals surface area contributed by atoms with E-state index in [9.17, 15) is 0 Å². The molecule has 0 saturated carbocycles. The second-order valence-corrected chi connectivity index (χ2v) is 6.63. The summed E-state index contributed by atoms with van der Waals surface area (Å²) in [4.78, 5) is 2.35. The van der Waals surface area contributed by atoms with Crippen LogP contribution >= 0.6 is 0 Å². The third-order valence-electron chi connectivity index (χ3n) is 4.02. The number of rotatable bonds is 2. The summed E-state index contributed by atoms with van der Waals surface area (Å²) in [6.07, 6.45) is 2.51. The standard InChI is InChI=1S/C15H23BN2O2/c1-15(2)10-19-16(20-11-15)12-5-6-14(13(17)9-12)18-7-3-4-8-18/h5-6,9H,3-4,7-8,10-11,17H2,1-2H3. The Balaban J connectivity index is 1.73. The number of nitrogen functional groups attached to an aromatic ring is 1. The Morgan fingerprint density at radius 3 is 2.40 bits per heavy atom. The van der Waals surface area contributed by atoms with Crippen molar-refractivity contribution in [1.82, 2.24) is 0 Å². The second-order valence-electron chi connectivity index (χ2n) is 6.63. The zero-order valence-electron chi connectivity index (χ0n) is 12.4. The molecule has 2 N–H and O–H groups in total. The molecule has 1 aromatic rings. The van der Waals surface area contributed by atoms with Gasteiger partial charge in [-0.15, -0.1) is 0 Å². The lowest BCUT2D eigenvalue weighted by Crippen LogP contribution is -2.47. The highest BCUT2D eigenvalue weighted by Gasteiger charge is 2.33. The maximum atomic E-state index is 6.21. The van der Waals surface area contributed by atoms with Crippen LogP contribution < -0.4 is 16.1 Å². The van der Waals surface area contributed by atoms with Crippen molar-refractivity contribution >= 4 is 24.0 Å². The summed E-state index contributed by atoms with van der Waals surface area (Å²) in [6.45, 7) is 7.93. The van der Waals surface area contributed by atoms with E-state index in [0.29, 0.717) is 13.2 Å². The molecule has 20 heavy (non-hydrogen) atoms. The Hall–Kier alpha value is -1.20. The van der Waals surface area contributed by atoms with Crippen molar-refractivity contribution in [3.8, 4) is 0 Å². The van der Waals surface area contributed by atoms with Crippen molar-refractivity contribution < 1.29 is 9.31 Å². The van der Waals surface area contributed by atoms with Crippen molar-refractivity contribution in [3.05, 3.63) is 18.2 Å². The molecule has 0 amide bonds. The van der Waals surface area contributed by atoms with Crippen molar-refractivity contribution in [1.29, 1.82) is 0 Å². The molecular weight excluding hydrogens is 251 g/mol. The van der Waals surface area contributed by atoms with Crippen molar-refractivity contribution in [2.45, 2.75) is 26.7 Å². The first-order chi connectivity index (χ1) is 9.55. The zero-order valence-corrected chi connectivity index (χ0v) is 12.4. The molecule has 0 aliphatic carbocycles. The highest BCUT2D eigenvalue weighted by molar-refractivity contribution is 6.61. The molecule has 1 aromatic carbocycles. The van der Waals surface area contributed by atoms with Gasteiger partial charge in [-0.1, -0.05) is 19.9 Å². The first kappa shape index (κ1) is 13.8. The van der Waals surface area contributed by atoms with Gasteiger partial charge in [0.2, 0.25) is 0 Å². The van der Waals surface area contributed by atoms with Crippen LogP contribution in [0.1, 0.15) is 26.7 Å². The van der Waals surface area contributed by atoms with Crippen LogP contribution in [-0.4, -0.2) is 33.4 Å². The number of nitrogens with two attached hydrogens (primary N) is 1. The van der Waals surface area contributed by atoms with Gasteiger partial charge in [-0.2, -0.15) is 0 Å². The van der Waals surface area contributed by atoms with E-state index in [-0.39, 0.29) is 12.5 Å². The van der Waals surface area contributed by atoms with Crippen LogP contribution in [0.5, 0.6) is 0 Å². The minimum Gasteiger partial charge on any atom is -0.407 e. The number of nitrogens with zero attached hydrogens (tertiary/aromatic N) is 1. The quantitative estimate of drug-likeness (QED) is 0.658. The molecule has 4 nitrogen and oxygen atoms in total. The molecule has 5 heteroatoms. The third-order valence-corrected chi connectivity index (χ3v) is 4.02. The van der Waals surface area contributed by atoms with Crippen LogP contribution in [-0.2, 0) is 9.31 Å². The molecule has 2 saturated heterocycles. The van der Waals surface area contributed by atoms with E-state index in [2.05, 4.69) is 30.9 Å². The fourth-order valence-corrected chi connectivity index (χ4v) is 2.85. The first-order valence-electron chi connectivity index (χ1n) is 7.43. The van der Waals surface area contributed by atoms with Crippen LogP contribution in [0.15, 0.2) is 18.2 Å². The van der Waals surface area contributed by atoms with Crippen molar-refractivity contribution in [2.24, 2.45) is 5.41 Å². The van der Waals surface area contributed by atoms with Crippen LogP contribution in [0.25, 0.3) is 0 Å². The Morgan fingerprint density at radius 2 is 1.80 bits per heavy atom. The van der Waals surface area contributed by atoms with Gasteiger partial charge < -0.3 is 19.9 Å². The topological polar surface area (TPSA) is 47.7 Å². The smallest absolute Gasteiger partial charge is 0.407 e. The van der Waals surface area contributed by atoms with Crippen LogP contribution in [0.4, 0.5) is 11.4 Å². The average Bonchev–Trinajstić information content (AvgIpc) is 2.92. The monoisotopic (exact) mass is 274 g/mol. The fourth-order valence-electron chi connectivity index (χ4n) is 2.85. The number of hydrogen-bond donors (Lipinski definition) is 1. The Morgan fingerprint density at radius 1 is 1.15 bits per heavy atom. The molecule has 0 bridgehead atoms. The maximum Gasteiger partial charge on any atom is 0.493 e. The lowest BCUT2D eigenvalue weighted by atomic mass is 9.75. The normalized spacial score (nSPS) is 22.3. The molecule has 0 unspecified atom stereocenters. The third kappa shape index (κ3) is 2.79. The lowest BCUT2D eigenvalue weighted by molar-refractivity contribution is 0.0343. The predicted molar refractivity (Wildman–Crippen MR) is 83.4 cm³/mol. The number of hydrogen-bond acceptors (Lipinski definition) is 4. The van der Waals surface area contributed by atoms with Gasteiger partial charge in [0.1, 0.15) is 0 Å². The highest BCUT2D eigenvalue weighted by Crippen LogP contribution is 2.27. The van der Waals surface area contributed by atoms with Gasteiger partial charge >= 0.3 is 7.12 Å². The molecular formula is C15H23BN2O2. The van der Waals surface area contributed by atoms with E-state index in [1.165, 1.54) is 12.8 Å². The van der Waals surface area contributed by atoms with Crippen molar-refractivity contribution in [2.75, 3.05) is 36.9 Å². The zero-order chi connectivity index (χ0) is 14.2. The van der Waals surface area contributed by atoms with E-state index in [1.807, 2.05) is 6.07 Å². The van der Waals surface area contributed by atoms with Gasteiger partial charge in [-0.05, 0) is 30.4 Å². The minimum atomic E-state index is -0.280. The van der Waals surface area contributed by atoms with Crippen molar-refractivity contribution in [3.63, 3.8) is 0 Å². The SMILES string of the molecule is CC1(C)COB(c2ccc(N3CCCC3)c(N)c2)OC1. The Kier molecular flexibility index (Phi) is 3.65. The first-order valence-corrected chi connectivity index (χ1v) is 7.43. The van der Waals surface area contributed by atoms with Crippen LogP contribution in [0.3, 0.4) is 0 Å². The molecule has 0 aromatic heterocycles. The molecule has 2 heterocycles. The van der Waals surface area contributed by atoms with Gasteiger partial charge in [-0.3, -0.25) is 0 Å². The maximum absolute atomic E-state index is 6.21. The Bertz CT molecular complexity index is 477. The van der Waals surface area contributed by atoms with E-state index >= 15 is 0 Å². The number of benzene rings is 1. The van der Waals surface area contributed by atoms with Gasteiger partial charge in [0.15, 0.2) is 0 Å². The van der Waals surface area contributed by atoms with Gasteiger partial charge in [-0.25, -0.2) is 0 Å². The number of anilines is 2. The second kappa shape index (κ2) is 5.30. The molecule has 0 atom stereocenters. The fraction of sp³-hybridized carbons (Fsp3) is 0.600. The average molecular weight is 274 g/mol. The molecule has 3 rings (SSSR count). The van der Waals surface area contributed by atoms with Gasteiger partial charge in [0.05, 0.1) is 11.4 Å². The molecule has 2 aliphatic heterocycles. The summed E-state index contributed by atoms with van der Waals surface area (Å²) in [7, 11) is -0.280. The van der Waals surface area contributed by atoms with Gasteiger partial charge in [0, 0.05) is 31.7 Å². The summed E-state index contributed by atoms with van der Waals surface area (Å²) in [5.74, 6) is 0.